The Morgan fingerprint density at radius 2 is 1.37 bits per heavy atom. The van der Waals surface area contributed by atoms with E-state index in [4.69, 9.17) is 35.9 Å². The van der Waals surface area contributed by atoms with Gasteiger partial charge in [0.25, 0.3) is 0 Å². The average Bonchev–Trinajstić information content (AvgIpc) is 2.97. The normalized spacial score (nSPS) is 17.1. The number of carbonyl (C=O) groups is 4. The van der Waals surface area contributed by atoms with Crippen molar-refractivity contribution in [2.75, 3.05) is 13.2 Å². The van der Waals surface area contributed by atoms with Crippen LogP contribution in [0.15, 0.2) is 30.3 Å². The fraction of sp³-hybridized carbons (Fsp3) is 0.545. The first-order valence-corrected chi connectivity index (χ1v) is 14.8. The quantitative estimate of drug-likeness (QED) is 0.0361. The van der Waals surface area contributed by atoms with Crippen LogP contribution in [0.3, 0.4) is 0 Å². The van der Waals surface area contributed by atoms with Crippen LogP contribution < -0.4 is 15.1 Å². The molecule has 0 aromatic heterocycles. The minimum Gasteiger partial charge on any atom is -0.394 e. The van der Waals surface area contributed by atoms with E-state index in [-0.39, 0.29) is 17.1 Å². The minimum atomic E-state index is -4.55. The van der Waals surface area contributed by atoms with E-state index in [9.17, 15) is 33.1 Å². The van der Waals surface area contributed by atoms with Crippen LogP contribution in [-0.4, -0.2) is 141 Å². The summed E-state index contributed by atoms with van der Waals surface area (Å²) in [5.74, 6) is -1.10. The maximum Gasteiger partial charge on any atom is 0.122 e. The first-order chi connectivity index (χ1) is 19.1. The summed E-state index contributed by atoms with van der Waals surface area (Å²) in [4.78, 5) is 41.4. The molecule has 0 saturated carbocycles. The van der Waals surface area contributed by atoms with Crippen LogP contribution in [0, 0.1) is 0 Å². The van der Waals surface area contributed by atoms with Crippen molar-refractivity contribution in [3.8, 4) is 0 Å². The number of aldehydes is 2. The number of benzene rings is 1. The van der Waals surface area contributed by atoms with E-state index < -0.39 is 81.9 Å². The molecule has 19 heteroatoms. The summed E-state index contributed by atoms with van der Waals surface area (Å²) in [7, 11) is 0. The molecule has 8 unspecified atom stereocenters. The molecule has 41 heavy (non-hydrogen) atoms. The fourth-order valence-corrected chi connectivity index (χ4v) is 4.57. The van der Waals surface area contributed by atoms with E-state index in [1.54, 1.807) is 18.2 Å². The number of hydroxylamine groups is 1. The SMILES string of the molecule is CC(=O)NC(C=O)C(O)C(O)C(O)CO.CC(=O)NO[As](=O)(OO)c1ccccc1.O=CCC(O)C(O)C(O)CO. The number of hydrogen-bond donors (Lipinski definition) is 11. The Labute approximate surface area is 237 Å². The van der Waals surface area contributed by atoms with E-state index in [2.05, 4.69) is 13.0 Å². The maximum absolute atomic E-state index is 11.8. The molecule has 1 aromatic rings. The molecule has 0 aliphatic rings. The number of amides is 2. The predicted octanol–water partition coefficient (Wildman–Crippen LogP) is -5.76. The van der Waals surface area contributed by atoms with Crippen molar-refractivity contribution < 1.29 is 76.7 Å². The predicted molar refractivity (Wildman–Crippen MR) is 136 cm³/mol. The Balaban J connectivity index is 0. The van der Waals surface area contributed by atoms with Crippen LogP contribution in [0.25, 0.3) is 0 Å². The molecule has 18 nitrogen and oxygen atoms in total. The molecule has 2 amide bonds. The molecular weight excluding hydrogens is 623 g/mol. The Morgan fingerprint density at radius 3 is 1.76 bits per heavy atom. The third kappa shape index (κ3) is 16.4. The van der Waals surface area contributed by atoms with Gasteiger partial charge in [0.05, 0.1) is 19.3 Å². The first kappa shape index (κ1) is 40.6. The summed E-state index contributed by atoms with van der Waals surface area (Å²) in [5, 5.41) is 81.5. The van der Waals surface area contributed by atoms with Crippen molar-refractivity contribution in [1.29, 1.82) is 0 Å². The molecule has 1 aromatic carbocycles. The van der Waals surface area contributed by atoms with E-state index in [1.807, 2.05) is 5.48 Å². The van der Waals surface area contributed by atoms with Gasteiger partial charge in [-0.25, -0.2) is 0 Å². The molecule has 0 fully saturated rings. The van der Waals surface area contributed by atoms with Gasteiger partial charge in [-0.2, -0.15) is 0 Å². The summed E-state index contributed by atoms with van der Waals surface area (Å²) in [5.41, 5.74) is 1.88. The van der Waals surface area contributed by atoms with Gasteiger partial charge in [-0.3, -0.25) is 4.79 Å². The zero-order chi connectivity index (χ0) is 32.2. The van der Waals surface area contributed by atoms with Crippen LogP contribution >= 0.6 is 0 Å². The number of aliphatic hydroxyl groups is 8. The molecule has 0 heterocycles. The van der Waals surface area contributed by atoms with Crippen LogP contribution in [0.2, 0.25) is 0 Å². The second-order valence-electron chi connectivity index (χ2n) is 7.97. The van der Waals surface area contributed by atoms with Crippen LogP contribution in [0.5, 0.6) is 0 Å². The molecule has 0 radical (unpaired) electrons. The van der Waals surface area contributed by atoms with Crippen molar-refractivity contribution in [3.63, 3.8) is 0 Å². The third-order valence-corrected chi connectivity index (χ3v) is 7.72. The van der Waals surface area contributed by atoms with Gasteiger partial charge in [0.1, 0.15) is 49.1 Å². The Bertz CT molecular complexity index is 939. The number of hydrogen-bond acceptors (Lipinski definition) is 16. The second kappa shape index (κ2) is 22.1. The molecule has 8 atom stereocenters. The molecule has 0 bridgehead atoms. The van der Waals surface area contributed by atoms with E-state index in [0.29, 0.717) is 6.29 Å². The van der Waals surface area contributed by atoms with Gasteiger partial charge in [0.15, 0.2) is 0 Å². The molecule has 236 valence electrons. The second-order valence-corrected chi connectivity index (χ2v) is 11.9. The molecule has 0 aliphatic carbocycles. The molecule has 0 spiro atoms. The van der Waals surface area contributed by atoms with E-state index in [1.165, 1.54) is 19.1 Å². The summed E-state index contributed by atoms with van der Waals surface area (Å²) in [6.07, 6.45) is -8.72. The van der Waals surface area contributed by atoms with Crippen molar-refractivity contribution in [3.05, 3.63) is 30.3 Å². The standard InChI is InChI=1S/C8H10AsNO5.C8H15NO6.C6H12O5/c1-7(11)10-14-9(12,15-13)8-5-3-2-4-6-8;1-4(12)9-5(2-10)7(14)8(15)6(13)3-11;7-2-1-4(9)6(11)5(10)3-8/h2-6,13H,1H3,(H,10,11);2,5-8,11,13-15H,3H2,1H3,(H,9,12);2,4-6,8-11H,1,3H2. The van der Waals surface area contributed by atoms with Gasteiger partial charge in [0.2, 0.25) is 5.91 Å². The first-order valence-electron chi connectivity index (χ1n) is 11.6. The van der Waals surface area contributed by atoms with Crippen molar-refractivity contribution in [2.45, 2.75) is 62.9 Å². The minimum absolute atomic E-state index is 0.201. The van der Waals surface area contributed by atoms with E-state index in [0.717, 1.165) is 6.92 Å². The van der Waals surface area contributed by atoms with E-state index >= 15 is 0 Å². The third-order valence-electron chi connectivity index (χ3n) is 4.62. The summed E-state index contributed by atoms with van der Waals surface area (Å²) in [6, 6.07) is 6.55. The van der Waals surface area contributed by atoms with Crippen LogP contribution in [-0.2, 0) is 30.6 Å². The number of carbonyl (C=O) groups excluding carboxylic acids is 4. The summed E-state index contributed by atoms with van der Waals surface area (Å²) < 4.78 is 20.5. The van der Waals surface area contributed by atoms with Crippen molar-refractivity contribution in [2.24, 2.45) is 0 Å². The number of aliphatic hydroxyl groups excluding tert-OH is 8. The summed E-state index contributed by atoms with van der Waals surface area (Å²) >= 11 is -4.55. The summed E-state index contributed by atoms with van der Waals surface area (Å²) in [6.45, 7) is 0.918. The van der Waals surface area contributed by atoms with Gasteiger partial charge in [0, 0.05) is 13.3 Å². The molecule has 0 saturated heterocycles. The number of nitrogens with one attached hydrogen (secondary N) is 2. The molecule has 0 aliphatic heterocycles. The average molecular weight is 660 g/mol. The van der Waals surface area contributed by atoms with Gasteiger partial charge < -0.3 is 55.8 Å². The van der Waals surface area contributed by atoms with Crippen molar-refractivity contribution in [1.82, 2.24) is 10.8 Å². The molecule has 11 N–H and O–H groups in total. The van der Waals surface area contributed by atoms with Crippen molar-refractivity contribution >= 4 is 42.9 Å². The largest absolute Gasteiger partial charge is 0.394 e. The Hall–Kier alpha value is -2.58. The maximum atomic E-state index is 11.8. The van der Waals surface area contributed by atoms with Gasteiger partial charge in [-0.1, -0.05) is 0 Å². The molecule has 1 rings (SSSR count). The smallest absolute Gasteiger partial charge is 0.122 e. The van der Waals surface area contributed by atoms with Gasteiger partial charge in [-0.15, -0.1) is 0 Å². The molecular formula is C22H37AsN2O16. The monoisotopic (exact) mass is 660 g/mol. The zero-order valence-corrected chi connectivity index (χ0v) is 23.9. The van der Waals surface area contributed by atoms with Gasteiger partial charge >= 0.3 is 88.7 Å². The Kier molecular flexibility index (Phi) is 21.8. The number of rotatable bonds is 15. The fourth-order valence-electron chi connectivity index (χ4n) is 2.44. The Morgan fingerprint density at radius 1 is 0.854 bits per heavy atom. The van der Waals surface area contributed by atoms with Crippen LogP contribution in [0.4, 0.5) is 0 Å². The zero-order valence-electron chi connectivity index (χ0n) is 22.0. The van der Waals surface area contributed by atoms with Gasteiger partial charge in [-0.05, 0) is 0 Å². The van der Waals surface area contributed by atoms with Crippen LogP contribution in [0.1, 0.15) is 20.3 Å². The topological polar surface area (TPSA) is 310 Å².